The Hall–Kier alpha value is -2.95. The average Bonchev–Trinajstić information content (AvgIpc) is 2.64. The minimum absolute atomic E-state index is 0.186. The third-order valence-corrected chi connectivity index (χ3v) is 3.49. The molecule has 0 aliphatic rings. The Morgan fingerprint density at radius 2 is 1.64 bits per heavy atom. The smallest absolute Gasteiger partial charge is 0.244 e. The monoisotopic (exact) mass is 341 g/mol. The van der Waals surface area contributed by atoms with E-state index < -0.39 is 0 Å². The lowest BCUT2D eigenvalue weighted by atomic mass is 10.2. The predicted octanol–water partition coefficient (Wildman–Crippen LogP) is 3.22. The number of carbonyl (C=O) groups excluding carboxylic acids is 1. The van der Waals surface area contributed by atoms with Crippen LogP contribution in [0.15, 0.2) is 48.5 Å². The van der Waals surface area contributed by atoms with Gasteiger partial charge < -0.3 is 19.5 Å². The van der Waals surface area contributed by atoms with Crippen LogP contribution in [0.2, 0.25) is 0 Å². The minimum Gasteiger partial charge on any atom is -0.497 e. The van der Waals surface area contributed by atoms with Crippen LogP contribution in [0.4, 0.5) is 0 Å². The summed E-state index contributed by atoms with van der Waals surface area (Å²) in [6, 6.07) is 13.2. The van der Waals surface area contributed by atoms with E-state index in [0.29, 0.717) is 24.7 Å². The molecule has 2 aromatic carbocycles. The minimum atomic E-state index is -0.186. The number of carbonyl (C=O) groups is 1. The van der Waals surface area contributed by atoms with Crippen LogP contribution in [-0.4, -0.2) is 33.3 Å². The molecule has 1 amide bonds. The standard InChI is InChI=1S/C20H23NO4/c1-15-4-7-17(8-5-15)25-11-10-21-20(22)9-6-16-12-18(23-2)14-19(13-16)24-3/h4-9,12-14H,10-11H2,1-3H3,(H,21,22)/b9-6+. The molecule has 0 aromatic heterocycles. The molecule has 0 aliphatic heterocycles. The van der Waals surface area contributed by atoms with Gasteiger partial charge >= 0.3 is 0 Å². The van der Waals surface area contributed by atoms with E-state index in [-0.39, 0.29) is 5.91 Å². The first-order chi connectivity index (χ1) is 12.1. The van der Waals surface area contributed by atoms with Crippen LogP contribution >= 0.6 is 0 Å². The molecule has 0 radical (unpaired) electrons. The molecule has 25 heavy (non-hydrogen) atoms. The maximum absolute atomic E-state index is 11.9. The number of rotatable bonds is 8. The van der Waals surface area contributed by atoms with E-state index in [1.807, 2.05) is 43.3 Å². The lowest BCUT2D eigenvalue weighted by Gasteiger charge is -2.07. The largest absolute Gasteiger partial charge is 0.497 e. The summed E-state index contributed by atoms with van der Waals surface area (Å²) in [7, 11) is 3.17. The SMILES string of the molecule is COc1cc(/C=C/C(=O)NCCOc2ccc(C)cc2)cc(OC)c1. The summed E-state index contributed by atoms with van der Waals surface area (Å²) in [5.74, 6) is 1.95. The van der Waals surface area contributed by atoms with Crippen molar-refractivity contribution in [3.8, 4) is 17.2 Å². The van der Waals surface area contributed by atoms with Crippen LogP contribution in [0.5, 0.6) is 17.2 Å². The van der Waals surface area contributed by atoms with Crippen molar-refractivity contribution in [2.24, 2.45) is 0 Å². The van der Waals surface area contributed by atoms with Crippen LogP contribution in [0, 0.1) is 6.92 Å². The van der Waals surface area contributed by atoms with Crippen LogP contribution < -0.4 is 19.5 Å². The van der Waals surface area contributed by atoms with E-state index in [2.05, 4.69) is 5.32 Å². The molecule has 2 aromatic rings. The highest BCUT2D eigenvalue weighted by atomic mass is 16.5. The molecule has 132 valence electrons. The summed E-state index contributed by atoms with van der Waals surface area (Å²) >= 11 is 0. The van der Waals surface area contributed by atoms with E-state index >= 15 is 0 Å². The zero-order valence-electron chi connectivity index (χ0n) is 14.7. The lowest BCUT2D eigenvalue weighted by Crippen LogP contribution is -2.26. The fourth-order valence-corrected chi connectivity index (χ4v) is 2.13. The Balaban J connectivity index is 1.79. The predicted molar refractivity (Wildman–Crippen MR) is 98.3 cm³/mol. The quantitative estimate of drug-likeness (QED) is 0.592. The molecule has 5 nitrogen and oxygen atoms in total. The molecular weight excluding hydrogens is 318 g/mol. The molecule has 0 atom stereocenters. The van der Waals surface area contributed by atoms with Gasteiger partial charge in [-0.15, -0.1) is 0 Å². The van der Waals surface area contributed by atoms with Crippen LogP contribution in [0.3, 0.4) is 0 Å². The van der Waals surface area contributed by atoms with Gasteiger partial charge in [0.25, 0.3) is 0 Å². The topological polar surface area (TPSA) is 56.8 Å². The molecule has 5 heteroatoms. The van der Waals surface area contributed by atoms with Gasteiger partial charge in [0, 0.05) is 12.1 Å². The number of benzene rings is 2. The van der Waals surface area contributed by atoms with Gasteiger partial charge in [-0.1, -0.05) is 17.7 Å². The summed E-state index contributed by atoms with van der Waals surface area (Å²) in [6.45, 7) is 2.86. The fourth-order valence-electron chi connectivity index (χ4n) is 2.13. The van der Waals surface area contributed by atoms with E-state index in [1.165, 1.54) is 11.6 Å². The molecule has 2 rings (SSSR count). The first-order valence-corrected chi connectivity index (χ1v) is 7.99. The summed E-state index contributed by atoms with van der Waals surface area (Å²) in [5, 5.41) is 2.78. The molecule has 1 N–H and O–H groups in total. The van der Waals surface area contributed by atoms with E-state index in [0.717, 1.165) is 11.3 Å². The van der Waals surface area contributed by atoms with Crippen molar-refractivity contribution in [2.45, 2.75) is 6.92 Å². The van der Waals surface area contributed by atoms with Crippen LogP contribution in [0.1, 0.15) is 11.1 Å². The van der Waals surface area contributed by atoms with Gasteiger partial charge in [0.15, 0.2) is 0 Å². The molecule has 0 spiro atoms. The van der Waals surface area contributed by atoms with E-state index in [9.17, 15) is 4.79 Å². The molecule has 0 unspecified atom stereocenters. The number of ether oxygens (including phenoxy) is 3. The van der Waals surface area contributed by atoms with Crippen molar-refractivity contribution in [2.75, 3.05) is 27.4 Å². The molecule has 0 aliphatic carbocycles. The van der Waals surface area contributed by atoms with Crippen molar-refractivity contribution in [3.63, 3.8) is 0 Å². The Bertz CT molecular complexity index is 701. The van der Waals surface area contributed by atoms with Gasteiger partial charge in [-0.3, -0.25) is 4.79 Å². The van der Waals surface area contributed by atoms with E-state index in [1.54, 1.807) is 26.4 Å². The first kappa shape index (κ1) is 18.4. The second-order valence-corrected chi connectivity index (χ2v) is 5.43. The second kappa shape index (κ2) is 9.37. The maximum Gasteiger partial charge on any atom is 0.244 e. The van der Waals surface area contributed by atoms with Crippen LogP contribution in [-0.2, 0) is 4.79 Å². The molecule has 0 saturated carbocycles. The van der Waals surface area contributed by atoms with Crippen molar-refractivity contribution in [1.82, 2.24) is 5.32 Å². The van der Waals surface area contributed by atoms with Crippen molar-refractivity contribution < 1.29 is 19.0 Å². The van der Waals surface area contributed by atoms with Gasteiger partial charge in [-0.25, -0.2) is 0 Å². The Morgan fingerprint density at radius 3 is 2.24 bits per heavy atom. The third kappa shape index (κ3) is 6.22. The second-order valence-electron chi connectivity index (χ2n) is 5.43. The van der Waals surface area contributed by atoms with Crippen molar-refractivity contribution in [3.05, 3.63) is 59.7 Å². The van der Waals surface area contributed by atoms with Crippen molar-refractivity contribution in [1.29, 1.82) is 0 Å². The molecule has 0 bridgehead atoms. The Kier molecular flexibility index (Phi) is 6.89. The summed E-state index contributed by atoms with van der Waals surface area (Å²) in [6.07, 6.45) is 3.18. The summed E-state index contributed by atoms with van der Waals surface area (Å²) in [4.78, 5) is 11.9. The van der Waals surface area contributed by atoms with E-state index in [4.69, 9.17) is 14.2 Å². The summed E-state index contributed by atoms with van der Waals surface area (Å²) < 4.78 is 16.0. The molecular formula is C20H23NO4. The van der Waals surface area contributed by atoms with Gasteiger partial charge in [0.1, 0.15) is 23.9 Å². The normalized spacial score (nSPS) is 10.5. The number of aryl methyl sites for hydroxylation is 1. The number of nitrogens with one attached hydrogen (secondary N) is 1. The average molecular weight is 341 g/mol. The van der Waals surface area contributed by atoms with Gasteiger partial charge in [0.2, 0.25) is 5.91 Å². The van der Waals surface area contributed by atoms with Crippen molar-refractivity contribution >= 4 is 12.0 Å². The Labute approximate surface area is 148 Å². The lowest BCUT2D eigenvalue weighted by molar-refractivity contribution is -0.116. The number of hydrogen-bond donors (Lipinski definition) is 1. The highest BCUT2D eigenvalue weighted by Gasteiger charge is 2.01. The zero-order chi connectivity index (χ0) is 18.1. The number of hydrogen-bond acceptors (Lipinski definition) is 4. The van der Waals surface area contributed by atoms with Gasteiger partial charge in [-0.2, -0.15) is 0 Å². The maximum atomic E-state index is 11.9. The first-order valence-electron chi connectivity index (χ1n) is 7.99. The molecule has 0 fully saturated rings. The van der Waals surface area contributed by atoms with Gasteiger partial charge in [-0.05, 0) is 42.8 Å². The highest BCUT2D eigenvalue weighted by molar-refractivity contribution is 5.91. The molecule has 0 heterocycles. The zero-order valence-corrected chi connectivity index (χ0v) is 14.7. The number of methoxy groups -OCH3 is 2. The fraction of sp³-hybridized carbons (Fsp3) is 0.250. The summed E-state index contributed by atoms with van der Waals surface area (Å²) in [5.41, 5.74) is 2.00. The van der Waals surface area contributed by atoms with Gasteiger partial charge in [0.05, 0.1) is 20.8 Å². The Morgan fingerprint density at radius 1 is 1.00 bits per heavy atom. The number of amides is 1. The highest BCUT2D eigenvalue weighted by Crippen LogP contribution is 2.23. The van der Waals surface area contributed by atoms with Crippen LogP contribution in [0.25, 0.3) is 6.08 Å². The third-order valence-electron chi connectivity index (χ3n) is 3.49. The molecule has 0 saturated heterocycles.